The number of ether oxygens (including phenoxy) is 2. The summed E-state index contributed by atoms with van der Waals surface area (Å²) in [6.45, 7) is 12.3. The van der Waals surface area contributed by atoms with Gasteiger partial charge in [-0.15, -0.1) is 0 Å². The molecule has 0 saturated carbocycles. The minimum absolute atomic E-state index is 0.0293. The highest BCUT2D eigenvalue weighted by atomic mass is 16.6. The molecule has 0 amide bonds. The van der Waals surface area contributed by atoms with E-state index in [1.807, 2.05) is 26.8 Å². The largest absolute Gasteiger partial charge is 0.452 e. The van der Waals surface area contributed by atoms with E-state index < -0.39 is 11.7 Å². The van der Waals surface area contributed by atoms with E-state index in [1.54, 1.807) is 0 Å². The Balaban J connectivity index is 2.30. The minimum atomic E-state index is -0.507. The van der Waals surface area contributed by atoms with Crippen molar-refractivity contribution in [2.24, 2.45) is 5.41 Å². The number of hydrogen-bond acceptors (Lipinski definition) is 4. The third-order valence-electron chi connectivity index (χ3n) is 5.92. The number of epoxide rings is 1. The first kappa shape index (κ1) is 23.6. The number of fused-ring (bicyclic) bond motifs is 1. The van der Waals surface area contributed by atoms with Gasteiger partial charge in [0.05, 0.1) is 12.7 Å². The van der Waals surface area contributed by atoms with Crippen molar-refractivity contribution in [3.05, 3.63) is 47.1 Å². The second-order valence-corrected chi connectivity index (χ2v) is 9.47. The van der Waals surface area contributed by atoms with Gasteiger partial charge in [0.1, 0.15) is 5.60 Å². The number of carbonyl (C=O) groups is 1. The van der Waals surface area contributed by atoms with Crippen molar-refractivity contribution >= 4 is 5.97 Å². The Morgan fingerprint density at radius 2 is 2.00 bits per heavy atom. The predicted molar refractivity (Wildman–Crippen MR) is 118 cm³/mol. The third kappa shape index (κ3) is 6.97. The molecule has 162 valence electrons. The zero-order chi connectivity index (χ0) is 21.7. The Kier molecular flexibility index (Phi) is 8.07. The summed E-state index contributed by atoms with van der Waals surface area (Å²) in [5.74, 6) is -0.328. The summed E-state index contributed by atoms with van der Waals surface area (Å²) in [5.41, 5.74) is 2.70. The van der Waals surface area contributed by atoms with E-state index >= 15 is 0 Å². The number of esters is 1. The van der Waals surface area contributed by atoms with Crippen molar-refractivity contribution in [1.29, 1.82) is 0 Å². The molecule has 0 aromatic rings. The standard InChI is InChI=1S/C25H38O4/c1-18(2)8-7-13-24(5)14-11-20(17-26)9-10-22-25(6,29-22)21(12-15-24)28-23(27)16-19(3)4/h8,11-12,15-16,21-22,26H,7,9-10,13-14,17H2,1-6H3. The molecule has 2 rings (SSSR count). The van der Waals surface area contributed by atoms with Crippen LogP contribution in [0, 0.1) is 5.41 Å². The summed E-state index contributed by atoms with van der Waals surface area (Å²) >= 11 is 0. The molecular formula is C25H38O4. The molecule has 4 unspecified atom stereocenters. The van der Waals surface area contributed by atoms with Gasteiger partial charge in [0.15, 0.2) is 6.10 Å². The Labute approximate surface area is 176 Å². The Bertz CT molecular complexity index is 706. The molecule has 1 heterocycles. The molecule has 1 saturated heterocycles. The van der Waals surface area contributed by atoms with E-state index in [0.717, 1.165) is 43.3 Å². The first-order chi connectivity index (χ1) is 13.6. The average Bonchev–Trinajstić information content (AvgIpc) is 3.28. The summed E-state index contributed by atoms with van der Waals surface area (Å²) in [5, 5.41) is 9.77. The quantitative estimate of drug-likeness (QED) is 0.278. The maximum Gasteiger partial charge on any atom is 0.331 e. The highest BCUT2D eigenvalue weighted by Crippen LogP contribution is 2.45. The number of carbonyl (C=O) groups excluding carboxylic acids is 1. The molecule has 29 heavy (non-hydrogen) atoms. The van der Waals surface area contributed by atoms with Crippen LogP contribution in [0.25, 0.3) is 0 Å². The van der Waals surface area contributed by atoms with Gasteiger partial charge in [0.2, 0.25) is 0 Å². The monoisotopic (exact) mass is 402 g/mol. The second kappa shape index (κ2) is 9.90. The Hall–Kier alpha value is -1.65. The molecule has 2 aliphatic rings. The Morgan fingerprint density at radius 1 is 1.28 bits per heavy atom. The SMILES string of the molecule is CC(C)=CCCC1(C)C=CC(OC(=O)C=C(C)C)C2(C)OC2CCC(CO)=CC1. The summed E-state index contributed by atoms with van der Waals surface area (Å²) in [4.78, 5) is 12.3. The molecule has 1 aliphatic carbocycles. The first-order valence-electron chi connectivity index (χ1n) is 10.7. The maximum absolute atomic E-state index is 12.3. The molecule has 1 N–H and O–H groups in total. The van der Waals surface area contributed by atoms with Crippen LogP contribution in [0.5, 0.6) is 0 Å². The number of allylic oxidation sites excluding steroid dienone is 5. The smallest absolute Gasteiger partial charge is 0.331 e. The third-order valence-corrected chi connectivity index (χ3v) is 5.92. The highest BCUT2D eigenvalue weighted by molar-refractivity contribution is 5.83. The minimum Gasteiger partial charge on any atom is -0.452 e. The summed E-state index contributed by atoms with van der Waals surface area (Å²) < 4.78 is 11.8. The molecule has 4 nitrogen and oxygen atoms in total. The average molecular weight is 403 g/mol. The molecule has 1 aliphatic heterocycles. The van der Waals surface area contributed by atoms with Gasteiger partial charge in [-0.25, -0.2) is 4.79 Å². The van der Waals surface area contributed by atoms with E-state index in [4.69, 9.17) is 9.47 Å². The zero-order valence-electron chi connectivity index (χ0n) is 19.0. The van der Waals surface area contributed by atoms with E-state index in [9.17, 15) is 9.90 Å². The van der Waals surface area contributed by atoms with E-state index in [2.05, 4.69) is 39.0 Å². The van der Waals surface area contributed by atoms with Crippen molar-refractivity contribution in [1.82, 2.24) is 0 Å². The molecule has 0 aromatic heterocycles. The first-order valence-corrected chi connectivity index (χ1v) is 10.7. The molecule has 0 radical (unpaired) electrons. The predicted octanol–water partition coefficient (Wildman–Crippen LogP) is 5.43. The van der Waals surface area contributed by atoms with Crippen LogP contribution >= 0.6 is 0 Å². The van der Waals surface area contributed by atoms with Gasteiger partial charge in [-0.2, -0.15) is 0 Å². The molecule has 0 aromatic carbocycles. The number of hydrogen-bond donors (Lipinski definition) is 1. The van der Waals surface area contributed by atoms with Gasteiger partial charge in [-0.1, -0.05) is 36.3 Å². The maximum atomic E-state index is 12.3. The fourth-order valence-corrected chi connectivity index (χ4v) is 3.81. The fraction of sp³-hybridized carbons (Fsp3) is 0.640. The van der Waals surface area contributed by atoms with Crippen molar-refractivity contribution in [2.75, 3.05) is 6.61 Å². The van der Waals surface area contributed by atoms with Crippen molar-refractivity contribution < 1.29 is 19.4 Å². The van der Waals surface area contributed by atoms with Crippen LogP contribution in [0.2, 0.25) is 0 Å². The van der Waals surface area contributed by atoms with Gasteiger partial charge < -0.3 is 14.6 Å². The number of aliphatic hydroxyl groups excluding tert-OH is 1. The van der Waals surface area contributed by atoms with Gasteiger partial charge in [-0.05, 0) is 83.8 Å². The summed E-state index contributed by atoms with van der Waals surface area (Å²) in [6.07, 6.45) is 14.2. The number of rotatable bonds is 6. The van der Waals surface area contributed by atoms with Crippen molar-refractivity contribution in [2.45, 2.75) is 91.5 Å². The zero-order valence-corrected chi connectivity index (χ0v) is 19.0. The lowest BCUT2D eigenvalue weighted by atomic mass is 9.80. The summed E-state index contributed by atoms with van der Waals surface area (Å²) in [6, 6.07) is 0. The summed E-state index contributed by atoms with van der Waals surface area (Å²) in [7, 11) is 0. The van der Waals surface area contributed by atoms with Crippen LogP contribution in [-0.2, 0) is 14.3 Å². The van der Waals surface area contributed by atoms with Crippen LogP contribution in [0.15, 0.2) is 47.1 Å². The van der Waals surface area contributed by atoms with Crippen LogP contribution < -0.4 is 0 Å². The normalized spacial score (nSPS) is 31.6. The van der Waals surface area contributed by atoms with E-state index in [0.29, 0.717) is 0 Å². The highest BCUT2D eigenvalue weighted by Gasteiger charge is 2.58. The Morgan fingerprint density at radius 3 is 2.62 bits per heavy atom. The molecule has 4 atom stereocenters. The van der Waals surface area contributed by atoms with Gasteiger partial charge in [0.25, 0.3) is 0 Å². The molecule has 0 spiro atoms. The second-order valence-electron chi connectivity index (χ2n) is 9.47. The number of aliphatic hydroxyl groups is 1. The van der Waals surface area contributed by atoms with Crippen LogP contribution in [0.3, 0.4) is 0 Å². The topological polar surface area (TPSA) is 59.1 Å². The van der Waals surface area contributed by atoms with E-state index in [-0.39, 0.29) is 24.1 Å². The van der Waals surface area contributed by atoms with Gasteiger partial charge >= 0.3 is 5.97 Å². The van der Waals surface area contributed by atoms with Crippen LogP contribution in [-0.4, -0.2) is 35.5 Å². The van der Waals surface area contributed by atoms with E-state index in [1.165, 1.54) is 11.6 Å². The van der Waals surface area contributed by atoms with Gasteiger partial charge in [0, 0.05) is 6.08 Å². The fourth-order valence-electron chi connectivity index (χ4n) is 3.81. The van der Waals surface area contributed by atoms with Crippen molar-refractivity contribution in [3.8, 4) is 0 Å². The molecule has 4 heteroatoms. The van der Waals surface area contributed by atoms with Crippen molar-refractivity contribution in [3.63, 3.8) is 0 Å². The molecule has 1 fully saturated rings. The lowest BCUT2D eigenvalue weighted by Crippen LogP contribution is -2.32. The lowest BCUT2D eigenvalue weighted by Gasteiger charge is -2.26. The molecular weight excluding hydrogens is 364 g/mol. The molecule has 0 bridgehead atoms. The van der Waals surface area contributed by atoms with Crippen LogP contribution in [0.1, 0.15) is 73.6 Å². The van der Waals surface area contributed by atoms with Crippen LogP contribution in [0.4, 0.5) is 0 Å². The van der Waals surface area contributed by atoms with Gasteiger partial charge in [-0.3, -0.25) is 0 Å². The lowest BCUT2D eigenvalue weighted by molar-refractivity contribution is -0.143.